The van der Waals surface area contributed by atoms with E-state index < -0.39 is 5.60 Å². The van der Waals surface area contributed by atoms with Gasteiger partial charge in [0.25, 0.3) is 0 Å². The summed E-state index contributed by atoms with van der Waals surface area (Å²) in [5.41, 5.74) is 0.547. The van der Waals surface area contributed by atoms with Gasteiger partial charge in [-0.05, 0) is 12.5 Å². The third-order valence-electron chi connectivity index (χ3n) is 6.01. The Kier molecular flexibility index (Phi) is 5.25. The van der Waals surface area contributed by atoms with Gasteiger partial charge in [-0.25, -0.2) is 4.98 Å². The second-order valence-corrected chi connectivity index (χ2v) is 8.17. The molecule has 2 aliphatic rings. The van der Waals surface area contributed by atoms with Crippen molar-refractivity contribution in [3.63, 3.8) is 0 Å². The predicted octanol–water partition coefficient (Wildman–Crippen LogP) is 1.94. The van der Waals surface area contributed by atoms with E-state index in [4.69, 9.17) is 4.74 Å². The lowest BCUT2D eigenvalue weighted by atomic mass is 9.82. The highest BCUT2D eigenvalue weighted by Gasteiger charge is 2.43. The summed E-state index contributed by atoms with van der Waals surface area (Å²) in [7, 11) is 1.84. The topological polar surface area (TPSA) is 89.3 Å². The number of nitrogens with one attached hydrogen (secondary N) is 1. The number of ether oxygens (including phenoxy) is 1. The molecule has 1 saturated heterocycles. The first-order valence-electron chi connectivity index (χ1n) is 10.1. The van der Waals surface area contributed by atoms with E-state index in [2.05, 4.69) is 15.4 Å². The molecule has 0 unspecified atom stereocenters. The van der Waals surface area contributed by atoms with E-state index >= 15 is 0 Å². The molecule has 0 radical (unpaired) electrons. The molecular formula is C21H27N5O3. The van der Waals surface area contributed by atoms with Crippen LogP contribution in [0.25, 0.3) is 0 Å². The molecule has 8 nitrogen and oxygen atoms in total. The monoisotopic (exact) mass is 397 g/mol. The molecule has 2 aromatic rings. The summed E-state index contributed by atoms with van der Waals surface area (Å²) < 4.78 is 8.11. The van der Waals surface area contributed by atoms with E-state index in [1.54, 1.807) is 15.9 Å². The number of amides is 2. The molecular weight excluding hydrogens is 370 g/mol. The average molecular weight is 397 g/mol. The number of rotatable bonds is 4. The highest BCUT2D eigenvalue weighted by atomic mass is 16.5. The zero-order valence-electron chi connectivity index (χ0n) is 16.9. The van der Waals surface area contributed by atoms with E-state index in [1.165, 1.54) is 6.33 Å². The van der Waals surface area contributed by atoms with E-state index in [9.17, 15) is 9.59 Å². The SMILES string of the molecule is C[C@H](Cn1cncn1)C(=O)N[C@@H]1C[C@@]2(CCC(=O)N(C)CC2)Oc2ccccc21. The molecule has 0 saturated carbocycles. The molecule has 1 spiro atoms. The summed E-state index contributed by atoms with van der Waals surface area (Å²) in [4.78, 5) is 30.8. The van der Waals surface area contributed by atoms with E-state index in [0.29, 0.717) is 32.4 Å². The molecule has 8 heteroatoms. The van der Waals surface area contributed by atoms with Gasteiger partial charge in [-0.15, -0.1) is 0 Å². The fourth-order valence-corrected chi connectivity index (χ4v) is 4.20. The number of carbonyl (C=O) groups excluding carboxylic acids is 2. The van der Waals surface area contributed by atoms with Crippen LogP contribution >= 0.6 is 0 Å². The Morgan fingerprint density at radius 2 is 2.21 bits per heavy atom. The maximum Gasteiger partial charge on any atom is 0.225 e. The van der Waals surface area contributed by atoms with E-state index in [0.717, 1.165) is 17.7 Å². The van der Waals surface area contributed by atoms with Gasteiger partial charge < -0.3 is 15.0 Å². The molecule has 0 aliphatic carbocycles. The molecule has 1 N–H and O–H groups in total. The van der Waals surface area contributed by atoms with Crippen LogP contribution in [0.15, 0.2) is 36.9 Å². The molecule has 1 aromatic carbocycles. The second kappa shape index (κ2) is 7.85. The minimum atomic E-state index is -0.443. The van der Waals surface area contributed by atoms with Crippen molar-refractivity contribution >= 4 is 11.8 Å². The van der Waals surface area contributed by atoms with Gasteiger partial charge in [0.2, 0.25) is 11.8 Å². The molecule has 2 amide bonds. The zero-order valence-corrected chi connectivity index (χ0v) is 16.9. The van der Waals surface area contributed by atoms with Gasteiger partial charge in [-0.3, -0.25) is 14.3 Å². The summed E-state index contributed by atoms with van der Waals surface area (Å²) in [5.74, 6) is 0.667. The van der Waals surface area contributed by atoms with Gasteiger partial charge in [-0.2, -0.15) is 5.10 Å². The molecule has 29 heavy (non-hydrogen) atoms. The quantitative estimate of drug-likeness (QED) is 0.852. The fraction of sp³-hybridized carbons (Fsp3) is 0.524. The van der Waals surface area contributed by atoms with Crippen LogP contribution in [-0.2, 0) is 16.1 Å². The number of hydrogen-bond donors (Lipinski definition) is 1. The molecule has 3 atom stereocenters. The van der Waals surface area contributed by atoms with Crippen molar-refractivity contribution in [1.29, 1.82) is 0 Å². The molecule has 0 bridgehead atoms. The minimum absolute atomic E-state index is 0.0285. The first kappa shape index (κ1) is 19.4. The van der Waals surface area contributed by atoms with Crippen LogP contribution in [0.4, 0.5) is 0 Å². The van der Waals surface area contributed by atoms with Crippen molar-refractivity contribution in [2.24, 2.45) is 5.92 Å². The highest BCUT2D eigenvalue weighted by Crippen LogP contribution is 2.44. The maximum absolute atomic E-state index is 12.9. The standard InChI is InChI=1S/C21H27N5O3/c1-15(12-26-14-22-13-23-26)20(28)24-17-11-21(8-7-19(27)25(2)10-9-21)29-18-6-4-3-5-16(17)18/h3-6,13-15,17H,7-12H2,1-2H3,(H,24,28)/t15-,17-,21+/m1/s1. The van der Waals surface area contributed by atoms with Gasteiger partial charge in [-0.1, -0.05) is 25.1 Å². The van der Waals surface area contributed by atoms with Gasteiger partial charge in [0.05, 0.1) is 18.5 Å². The number of likely N-dealkylation sites (tertiary alicyclic amines) is 1. The first-order chi connectivity index (χ1) is 14.0. The number of hydrogen-bond acceptors (Lipinski definition) is 5. The van der Waals surface area contributed by atoms with Crippen molar-refractivity contribution < 1.29 is 14.3 Å². The fourth-order valence-electron chi connectivity index (χ4n) is 4.20. The molecule has 4 rings (SSSR count). The normalized spacial score (nSPS) is 25.1. The number of fused-ring (bicyclic) bond motifs is 1. The van der Waals surface area contributed by atoms with Crippen molar-refractivity contribution in [2.45, 2.75) is 50.8 Å². The second-order valence-electron chi connectivity index (χ2n) is 8.17. The van der Waals surface area contributed by atoms with Gasteiger partial charge >= 0.3 is 0 Å². The molecule has 1 aromatic heterocycles. The Morgan fingerprint density at radius 1 is 1.38 bits per heavy atom. The van der Waals surface area contributed by atoms with Crippen LogP contribution in [0, 0.1) is 5.92 Å². The predicted molar refractivity (Wildman–Crippen MR) is 106 cm³/mol. The number of benzene rings is 1. The van der Waals surface area contributed by atoms with Crippen molar-refractivity contribution in [3.05, 3.63) is 42.5 Å². The zero-order chi connectivity index (χ0) is 20.4. The largest absolute Gasteiger partial charge is 0.487 e. The molecule has 3 heterocycles. The third kappa shape index (κ3) is 4.11. The third-order valence-corrected chi connectivity index (χ3v) is 6.01. The maximum atomic E-state index is 12.9. The molecule has 154 valence electrons. The van der Waals surface area contributed by atoms with Crippen molar-refractivity contribution in [3.8, 4) is 5.75 Å². The highest BCUT2D eigenvalue weighted by molar-refractivity contribution is 5.79. The van der Waals surface area contributed by atoms with Crippen LogP contribution in [0.3, 0.4) is 0 Å². The van der Waals surface area contributed by atoms with Crippen LogP contribution in [0.1, 0.15) is 44.2 Å². The smallest absolute Gasteiger partial charge is 0.225 e. The van der Waals surface area contributed by atoms with Crippen LogP contribution in [0.5, 0.6) is 5.75 Å². The number of aromatic nitrogens is 3. The van der Waals surface area contributed by atoms with Crippen LogP contribution in [0.2, 0.25) is 0 Å². The number of carbonyl (C=O) groups is 2. The summed E-state index contributed by atoms with van der Waals surface area (Å²) >= 11 is 0. The summed E-state index contributed by atoms with van der Waals surface area (Å²) in [6.45, 7) is 3.02. The van der Waals surface area contributed by atoms with Gasteiger partial charge in [0.1, 0.15) is 24.0 Å². The lowest BCUT2D eigenvalue weighted by Gasteiger charge is -2.42. The van der Waals surface area contributed by atoms with E-state index in [1.807, 2.05) is 38.2 Å². The Morgan fingerprint density at radius 3 is 3.00 bits per heavy atom. The van der Waals surface area contributed by atoms with Gasteiger partial charge in [0, 0.05) is 38.4 Å². The Labute approximate surface area is 170 Å². The van der Waals surface area contributed by atoms with Crippen LogP contribution < -0.4 is 10.1 Å². The van der Waals surface area contributed by atoms with Gasteiger partial charge in [0.15, 0.2) is 0 Å². The van der Waals surface area contributed by atoms with E-state index in [-0.39, 0.29) is 23.8 Å². The summed E-state index contributed by atoms with van der Waals surface area (Å²) in [5, 5.41) is 7.31. The van der Waals surface area contributed by atoms with Crippen molar-refractivity contribution in [1.82, 2.24) is 25.0 Å². The first-order valence-corrected chi connectivity index (χ1v) is 10.1. The average Bonchev–Trinajstić information content (AvgIpc) is 3.19. The molecule has 1 fully saturated rings. The summed E-state index contributed by atoms with van der Waals surface area (Å²) in [6.07, 6.45) is 5.61. The van der Waals surface area contributed by atoms with Crippen molar-refractivity contribution in [2.75, 3.05) is 13.6 Å². The molecule has 2 aliphatic heterocycles. The summed E-state index contributed by atoms with van der Waals surface area (Å²) in [6, 6.07) is 7.71. The Bertz CT molecular complexity index is 884. The van der Waals surface area contributed by atoms with Crippen LogP contribution in [-0.4, -0.2) is 50.7 Å². The number of nitrogens with zero attached hydrogens (tertiary/aromatic N) is 4. The minimum Gasteiger partial charge on any atom is -0.487 e. The Balaban J connectivity index is 1.53. The lowest BCUT2D eigenvalue weighted by Crippen LogP contribution is -2.46. The number of para-hydroxylation sites is 1. The lowest BCUT2D eigenvalue weighted by molar-refractivity contribution is -0.129. The Hall–Kier alpha value is -2.90.